The third kappa shape index (κ3) is 6.48. The van der Waals surface area contributed by atoms with Gasteiger partial charge in [-0.3, -0.25) is 4.79 Å². The molecule has 1 aliphatic heterocycles. The van der Waals surface area contributed by atoms with E-state index in [-0.39, 0.29) is 48.5 Å². The van der Waals surface area contributed by atoms with Crippen LogP contribution in [-0.2, 0) is 19.6 Å². The molecule has 0 atom stereocenters. The zero-order valence-electron chi connectivity index (χ0n) is 16.5. The van der Waals surface area contributed by atoms with Gasteiger partial charge in [-0.05, 0) is 42.5 Å². The molecule has 0 spiro atoms. The van der Waals surface area contributed by atoms with E-state index in [0.29, 0.717) is 5.69 Å². The fourth-order valence-corrected chi connectivity index (χ4v) is 4.77. The van der Waals surface area contributed by atoms with Crippen LogP contribution in [0.2, 0.25) is 5.02 Å². The number of nitrogens with one attached hydrogen (secondary N) is 2. The Morgan fingerprint density at radius 3 is 2.34 bits per heavy atom. The number of sulfonamides is 1. The summed E-state index contributed by atoms with van der Waals surface area (Å²) in [5.74, 6) is -0.911. The number of carbonyl (C=O) groups excluding carboxylic acids is 1. The molecule has 0 unspecified atom stereocenters. The van der Waals surface area contributed by atoms with Gasteiger partial charge >= 0.3 is 6.36 Å². The monoisotopic (exact) mass is 493 g/mol. The van der Waals surface area contributed by atoms with Gasteiger partial charge < -0.3 is 20.1 Å². The Morgan fingerprint density at radius 1 is 1.09 bits per heavy atom. The van der Waals surface area contributed by atoms with Crippen LogP contribution in [0.15, 0.2) is 47.4 Å². The first-order valence-corrected chi connectivity index (χ1v) is 11.1. The second-order valence-electron chi connectivity index (χ2n) is 6.64. The molecule has 3 rings (SSSR count). The molecule has 1 fully saturated rings. The molecule has 1 heterocycles. The van der Waals surface area contributed by atoms with Crippen molar-refractivity contribution in [3.8, 4) is 5.75 Å². The van der Waals surface area contributed by atoms with Gasteiger partial charge in [-0.1, -0.05) is 11.6 Å². The van der Waals surface area contributed by atoms with Gasteiger partial charge in [0.25, 0.3) is 0 Å². The fourth-order valence-electron chi connectivity index (χ4n) is 2.86. The highest BCUT2D eigenvalue weighted by Crippen LogP contribution is 2.28. The van der Waals surface area contributed by atoms with E-state index in [2.05, 4.69) is 15.4 Å². The first-order chi connectivity index (χ1) is 15.0. The normalized spacial score (nSPS) is 15.2. The summed E-state index contributed by atoms with van der Waals surface area (Å²) in [6, 6.07) is 8.93. The molecule has 1 aliphatic rings. The van der Waals surface area contributed by atoms with Crippen molar-refractivity contribution >= 4 is 38.9 Å². The van der Waals surface area contributed by atoms with Gasteiger partial charge in [-0.25, -0.2) is 8.42 Å². The number of morpholine rings is 1. The second kappa shape index (κ2) is 9.94. The van der Waals surface area contributed by atoms with Crippen LogP contribution in [0.1, 0.15) is 0 Å². The maximum atomic E-state index is 12.9. The minimum atomic E-state index is -4.80. The number of hydrogen-bond acceptors (Lipinski definition) is 6. The molecule has 0 radical (unpaired) electrons. The first kappa shape index (κ1) is 24.1. The Hall–Kier alpha value is -2.54. The lowest BCUT2D eigenvalue weighted by Gasteiger charge is -2.26. The number of alkyl halides is 3. The van der Waals surface area contributed by atoms with Gasteiger partial charge in [0.05, 0.1) is 24.8 Å². The van der Waals surface area contributed by atoms with Crippen molar-refractivity contribution < 1.29 is 35.9 Å². The van der Waals surface area contributed by atoms with Crippen LogP contribution < -0.4 is 15.4 Å². The summed E-state index contributed by atoms with van der Waals surface area (Å²) in [5.41, 5.74) is 0.614. The molecule has 0 aromatic heterocycles. The molecule has 0 aliphatic carbocycles. The molecule has 8 nitrogen and oxygen atoms in total. The number of nitrogens with zero attached hydrogens (tertiary/aromatic N) is 1. The van der Waals surface area contributed by atoms with Crippen LogP contribution in [0.3, 0.4) is 0 Å². The highest BCUT2D eigenvalue weighted by atomic mass is 35.5. The molecule has 1 saturated heterocycles. The number of halogens is 4. The molecule has 32 heavy (non-hydrogen) atoms. The summed E-state index contributed by atoms with van der Waals surface area (Å²) < 4.78 is 72.5. The molecular formula is C19H19ClF3N3O5S. The fraction of sp³-hybridized carbons (Fsp3) is 0.316. The summed E-state index contributed by atoms with van der Waals surface area (Å²) in [5, 5.41) is 5.35. The van der Waals surface area contributed by atoms with Crippen molar-refractivity contribution in [2.45, 2.75) is 11.3 Å². The highest BCUT2D eigenvalue weighted by Gasteiger charge is 2.31. The smallest absolute Gasteiger partial charge is 0.406 e. The predicted octanol–water partition coefficient (Wildman–Crippen LogP) is 3.31. The minimum Gasteiger partial charge on any atom is -0.406 e. The topological polar surface area (TPSA) is 97.0 Å². The Balaban J connectivity index is 1.61. The van der Waals surface area contributed by atoms with Gasteiger partial charge in [0, 0.05) is 24.5 Å². The minimum absolute atomic E-state index is 0.0488. The van der Waals surface area contributed by atoms with E-state index in [1.807, 2.05) is 0 Å². The largest absolute Gasteiger partial charge is 0.573 e. The number of hydrogen-bond donors (Lipinski definition) is 2. The molecule has 174 valence electrons. The molecule has 0 bridgehead atoms. The van der Waals surface area contributed by atoms with Gasteiger partial charge in [0.1, 0.15) is 10.6 Å². The van der Waals surface area contributed by atoms with Gasteiger partial charge in [-0.15, -0.1) is 13.2 Å². The first-order valence-electron chi connectivity index (χ1n) is 9.31. The third-order valence-electron chi connectivity index (χ3n) is 4.34. The van der Waals surface area contributed by atoms with Crippen LogP contribution in [0.25, 0.3) is 0 Å². The van der Waals surface area contributed by atoms with E-state index in [4.69, 9.17) is 16.3 Å². The lowest BCUT2D eigenvalue weighted by Crippen LogP contribution is -2.40. The zero-order valence-corrected chi connectivity index (χ0v) is 18.1. The predicted molar refractivity (Wildman–Crippen MR) is 111 cm³/mol. The number of ether oxygens (including phenoxy) is 2. The quantitative estimate of drug-likeness (QED) is 0.614. The van der Waals surface area contributed by atoms with Crippen molar-refractivity contribution in [1.29, 1.82) is 0 Å². The third-order valence-corrected chi connectivity index (χ3v) is 6.72. The molecule has 2 N–H and O–H groups in total. The number of rotatable bonds is 7. The lowest BCUT2D eigenvalue weighted by molar-refractivity contribution is -0.274. The van der Waals surface area contributed by atoms with Crippen molar-refractivity contribution in [2.75, 3.05) is 43.5 Å². The Labute approximate surface area is 187 Å². The molecule has 2 aromatic rings. The molecule has 2 aromatic carbocycles. The van der Waals surface area contributed by atoms with E-state index in [9.17, 15) is 26.4 Å². The number of amides is 1. The van der Waals surface area contributed by atoms with E-state index in [0.717, 1.165) is 12.1 Å². The maximum Gasteiger partial charge on any atom is 0.573 e. The molecule has 13 heteroatoms. The molecule has 1 amide bonds. The van der Waals surface area contributed by atoms with Crippen LogP contribution in [0.5, 0.6) is 5.75 Å². The van der Waals surface area contributed by atoms with Gasteiger partial charge in [-0.2, -0.15) is 4.31 Å². The average Bonchev–Trinajstić information content (AvgIpc) is 2.74. The van der Waals surface area contributed by atoms with Gasteiger partial charge in [0.15, 0.2) is 0 Å². The number of anilines is 2. The standard InChI is InChI=1S/C19H19ClF3N3O5S/c20-16-6-3-14(11-17(16)32(28,29)26-7-9-30-10-8-26)24-12-18(27)25-13-1-4-15(5-2-13)31-19(21,22)23/h1-6,11,24H,7-10,12H2,(H,25,27). The van der Waals surface area contributed by atoms with Gasteiger partial charge in [0.2, 0.25) is 15.9 Å². The number of carbonyl (C=O) groups is 1. The molecule has 0 saturated carbocycles. The number of benzene rings is 2. The maximum absolute atomic E-state index is 12.9. The van der Waals surface area contributed by atoms with Crippen LogP contribution in [0.4, 0.5) is 24.5 Å². The SMILES string of the molecule is O=C(CNc1ccc(Cl)c(S(=O)(=O)N2CCOCC2)c1)Nc1ccc(OC(F)(F)F)cc1. The lowest BCUT2D eigenvalue weighted by atomic mass is 10.3. The van der Waals surface area contributed by atoms with Crippen molar-refractivity contribution in [2.24, 2.45) is 0 Å². The van der Waals surface area contributed by atoms with Crippen molar-refractivity contribution in [1.82, 2.24) is 4.31 Å². The molecular weight excluding hydrogens is 475 g/mol. The van der Waals surface area contributed by atoms with Crippen molar-refractivity contribution in [3.05, 3.63) is 47.5 Å². The van der Waals surface area contributed by atoms with E-state index >= 15 is 0 Å². The summed E-state index contributed by atoms with van der Waals surface area (Å²) in [6.45, 7) is 0.785. The van der Waals surface area contributed by atoms with E-state index in [1.54, 1.807) is 0 Å². The van der Waals surface area contributed by atoms with Crippen LogP contribution >= 0.6 is 11.6 Å². The van der Waals surface area contributed by atoms with Crippen LogP contribution in [0, 0.1) is 0 Å². The summed E-state index contributed by atoms with van der Waals surface area (Å²) >= 11 is 6.10. The van der Waals surface area contributed by atoms with E-state index < -0.39 is 28.0 Å². The summed E-state index contributed by atoms with van der Waals surface area (Å²) in [6.07, 6.45) is -4.80. The Morgan fingerprint density at radius 2 is 1.72 bits per heavy atom. The summed E-state index contributed by atoms with van der Waals surface area (Å²) in [4.78, 5) is 12.1. The van der Waals surface area contributed by atoms with Crippen LogP contribution in [-0.4, -0.2) is 57.8 Å². The highest BCUT2D eigenvalue weighted by molar-refractivity contribution is 7.89. The summed E-state index contributed by atoms with van der Waals surface area (Å²) in [7, 11) is -3.83. The second-order valence-corrected chi connectivity index (χ2v) is 8.95. The van der Waals surface area contributed by atoms with Crippen molar-refractivity contribution in [3.63, 3.8) is 0 Å². The average molecular weight is 494 g/mol. The van der Waals surface area contributed by atoms with E-state index in [1.165, 1.54) is 34.6 Å². The zero-order chi connectivity index (χ0) is 23.4. The Bertz CT molecular complexity index is 1060. The Kier molecular flexibility index (Phi) is 7.49.